The zero-order valence-electron chi connectivity index (χ0n) is 18.6. The van der Waals surface area contributed by atoms with Crippen molar-refractivity contribution in [2.24, 2.45) is 0 Å². The van der Waals surface area contributed by atoms with E-state index in [0.29, 0.717) is 52.5 Å². The van der Waals surface area contributed by atoms with Crippen LogP contribution in [0.3, 0.4) is 0 Å². The Bertz CT molecular complexity index is 1320. The van der Waals surface area contributed by atoms with Crippen LogP contribution >= 0.6 is 11.3 Å². The number of nitrogens with zero attached hydrogens (tertiary/aromatic N) is 1. The van der Waals surface area contributed by atoms with Crippen LogP contribution in [-0.2, 0) is 16.0 Å². The Morgan fingerprint density at radius 2 is 1.97 bits per heavy atom. The number of para-hydroxylation sites is 1. The monoisotopic (exact) mass is 451 g/mol. The second-order valence-electron chi connectivity index (χ2n) is 7.43. The summed E-state index contributed by atoms with van der Waals surface area (Å²) in [5.74, 6) is 0.616. The van der Waals surface area contributed by atoms with E-state index in [-0.39, 0.29) is 5.43 Å². The van der Waals surface area contributed by atoms with Gasteiger partial charge < -0.3 is 13.9 Å². The summed E-state index contributed by atoms with van der Waals surface area (Å²) in [6.45, 7) is 7.66. The minimum Gasteiger partial charge on any atom is -0.478 e. The first-order chi connectivity index (χ1) is 15.5. The molecule has 0 aliphatic rings. The van der Waals surface area contributed by atoms with Gasteiger partial charge in [0.1, 0.15) is 22.1 Å². The van der Waals surface area contributed by atoms with Gasteiger partial charge >= 0.3 is 5.97 Å². The number of thiazole rings is 1. The second kappa shape index (κ2) is 9.12. The van der Waals surface area contributed by atoms with Crippen LogP contribution in [0.1, 0.15) is 38.5 Å². The maximum absolute atomic E-state index is 13.5. The summed E-state index contributed by atoms with van der Waals surface area (Å²) < 4.78 is 18.2. The predicted octanol–water partition coefficient (Wildman–Crippen LogP) is 5.66. The van der Waals surface area contributed by atoms with Crippen LogP contribution in [0.4, 0.5) is 0 Å². The van der Waals surface area contributed by atoms with E-state index in [1.54, 1.807) is 26.0 Å². The van der Waals surface area contributed by atoms with Gasteiger partial charge in [0.25, 0.3) is 0 Å². The molecule has 0 unspecified atom stereocenters. The van der Waals surface area contributed by atoms with E-state index in [2.05, 4.69) is 4.98 Å². The van der Waals surface area contributed by atoms with E-state index >= 15 is 0 Å². The van der Waals surface area contributed by atoms with Crippen LogP contribution < -0.4 is 10.2 Å². The molecule has 7 heteroatoms. The van der Waals surface area contributed by atoms with E-state index in [1.807, 2.05) is 38.1 Å². The van der Waals surface area contributed by atoms with Crippen LogP contribution in [0.15, 0.2) is 45.6 Å². The number of fused-ring (bicyclic) bond motifs is 2. The molecule has 166 valence electrons. The van der Waals surface area contributed by atoms with Crippen LogP contribution in [0.5, 0.6) is 5.75 Å². The number of rotatable bonds is 7. The normalized spacial score (nSPS) is 12.2. The number of hydrogen-bond acceptors (Lipinski definition) is 7. The lowest BCUT2D eigenvalue weighted by molar-refractivity contribution is -0.151. The predicted molar refractivity (Wildman–Crippen MR) is 127 cm³/mol. The van der Waals surface area contributed by atoms with Crippen LogP contribution in [-0.4, -0.2) is 23.7 Å². The fourth-order valence-corrected chi connectivity index (χ4v) is 4.73. The number of ether oxygens (including phenoxy) is 2. The fraction of sp³-hybridized carbons (Fsp3) is 0.320. The van der Waals surface area contributed by atoms with Crippen molar-refractivity contribution in [3.05, 3.63) is 57.9 Å². The molecule has 2 aromatic carbocycles. The third kappa shape index (κ3) is 4.00. The Morgan fingerprint density at radius 3 is 2.66 bits per heavy atom. The molecule has 2 aromatic heterocycles. The Kier molecular flexibility index (Phi) is 6.28. The summed E-state index contributed by atoms with van der Waals surface area (Å²) in [4.78, 5) is 30.3. The van der Waals surface area contributed by atoms with E-state index in [9.17, 15) is 9.59 Å². The average Bonchev–Trinajstić information content (AvgIpc) is 3.20. The molecule has 2 heterocycles. The van der Waals surface area contributed by atoms with Gasteiger partial charge in [0.15, 0.2) is 6.10 Å². The summed E-state index contributed by atoms with van der Waals surface area (Å²) in [5, 5.41) is 1.12. The summed E-state index contributed by atoms with van der Waals surface area (Å²) in [5.41, 5.74) is 2.46. The Labute approximate surface area is 189 Å². The van der Waals surface area contributed by atoms with Gasteiger partial charge in [-0.05, 0) is 50.5 Å². The maximum atomic E-state index is 13.5. The van der Waals surface area contributed by atoms with Crippen molar-refractivity contribution in [3.8, 4) is 16.3 Å². The smallest absolute Gasteiger partial charge is 0.347 e. The third-order valence-corrected chi connectivity index (χ3v) is 6.38. The van der Waals surface area contributed by atoms with Gasteiger partial charge in [0.2, 0.25) is 5.43 Å². The first kappa shape index (κ1) is 22.0. The molecule has 0 fully saturated rings. The van der Waals surface area contributed by atoms with Gasteiger partial charge in [-0.15, -0.1) is 11.3 Å². The molecule has 0 saturated carbocycles. The minimum atomic E-state index is -0.715. The quantitative estimate of drug-likeness (QED) is 0.337. The van der Waals surface area contributed by atoms with Crippen molar-refractivity contribution >= 4 is 38.5 Å². The lowest BCUT2D eigenvalue weighted by atomic mass is 10.1. The molecular formula is C25H25NO5S. The van der Waals surface area contributed by atoms with E-state index < -0.39 is 12.1 Å². The van der Waals surface area contributed by atoms with Crippen molar-refractivity contribution < 1.29 is 18.7 Å². The number of aromatic nitrogens is 1. The zero-order valence-corrected chi connectivity index (χ0v) is 19.4. The van der Waals surface area contributed by atoms with Gasteiger partial charge in [-0.3, -0.25) is 4.79 Å². The molecule has 0 saturated heterocycles. The zero-order chi connectivity index (χ0) is 22.8. The van der Waals surface area contributed by atoms with Crippen molar-refractivity contribution in [1.82, 2.24) is 4.98 Å². The van der Waals surface area contributed by atoms with E-state index in [1.165, 1.54) is 11.3 Å². The summed E-state index contributed by atoms with van der Waals surface area (Å²) in [7, 11) is 0. The molecule has 0 aliphatic carbocycles. The minimum absolute atomic E-state index is 0.124. The first-order valence-electron chi connectivity index (χ1n) is 10.8. The highest BCUT2D eigenvalue weighted by atomic mass is 32.1. The van der Waals surface area contributed by atoms with Crippen molar-refractivity contribution in [3.63, 3.8) is 0 Å². The number of carbonyl (C=O) groups is 1. The molecule has 0 radical (unpaired) electrons. The van der Waals surface area contributed by atoms with Gasteiger partial charge in [0.05, 0.1) is 27.8 Å². The second-order valence-corrected chi connectivity index (χ2v) is 8.46. The molecule has 0 N–H and O–H groups in total. The van der Waals surface area contributed by atoms with Crippen LogP contribution in [0, 0.1) is 6.92 Å². The van der Waals surface area contributed by atoms with Crippen molar-refractivity contribution in [2.45, 2.75) is 46.6 Å². The largest absolute Gasteiger partial charge is 0.478 e. The molecule has 0 aliphatic heterocycles. The topological polar surface area (TPSA) is 78.6 Å². The van der Waals surface area contributed by atoms with Crippen LogP contribution in [0.25, 0.3) is 31.8 Å². The molecule has 0 spiro atoms. The summed E-state index contributed by atoms with van der Waals surface area (Å²) >= 11 is 1.47. The van der Waals surface area contributed by atoms with Crippen molar-refractivity contribution in [2.75, 3.05) is 6.61 Å². The molecule has 4 rings (SSSR count). The molecule has 32 heavy (non-hydrogen) atoms. The van der Waals surface area contributed by atoms with Gasteiger partial charge in [-0.2, -0.15) is 0 Å². The van der Waals surface area contributed by atoms with Gasteiger partial charge in [-0.1, -0.05) is 26.0 Å². The lowest BCUT2D eigenvalue weighted by Gasteiger charge is -2.18. The standard InChI is InChI=1S/C25H25NO5S/c1-5-15-12-16-20(13-19(15)31-18(6-2)25(28)29-7-3)30-14(4)22(23(16)27)24-26-17-10-8-9-11-21(17)32-24/h8-13,18H,5-7H2,1-4H3/t18-/m0/s1. The van der Waals surface area contributed by atoms with Gasteiger partial charge in [-0.25, -0.2) is 9.78 Å². The molecule has 0 amide bonds. The Balaban J connectivity index is 1.82. The maximum Gasteiger partial charge on any atom is 0.347 e. The molecular weight excluding hydrogens is 426 g/mol. The van der Waals surface area contributed by atoms with Crippen molar-refractivity contribution in [1.29, 1.82) is 0 Å². The lowest BCUT2D eigenvalue weighted by Crippen LogP contribution is -2.29. The summed E-state index contributed by atoms with van der Waals surface area (Å²) in [6, 6.07) is 11.3. The molecule has 0 bridgehead atoms. The van der Waals surface area contributed by atoms with E-state index in [0.717, 1.165) is 15.8 Å². The third-order valence-electron chi connectivity index (χ3n) is 5.33. The van der Waals surface area contributed by atoms with Gasteiger partial charge in [0, 0.05) is 6.07 Å². The number of aryl methyl sites for hydroxylation is 2. The molecule has 6 nitrogen and oxygen atoms in total. The number of esters is 1. The summed E-state index contributed by atoms with van der Waals surface area (Å²) in [6.07, 6.45) is 0.390. The van der Waals surface area contributed by atoms with Crippen LogP contribution in [0.2, 0.25) is 0 Å². The Hall–Kier alpha value is -3.19. The van der Waals surface area contributed by atoms with E-state index in [4.69, 9.17) is 13.9 Å². The highest BCUT2D eigenvalue weighted by molar-refractivity contribution is 7.21. The SMILES string of the molecule is CCOC(=O)[C@H](CC)Oc1cc2oc(C)c(-c3nc4ccccc4s3)c(=O)c2cc1CC. The highest BCUT2D eigenvalue weighted by Gasteiger charge is 2.23. The fourth-order valence-electron chi connectivity index (χ4n) is 3.68. The highest BCUT2D eigenvalue weighted by Crippen LogP contribution is 2.33. The number of hydrogen-bond donors (Lipinski definition) is 0. The first-order valence-corrected chi connectivity index (χ1v) is 11.6. The molecule has 1 atom stereocenters. The number of carbonyl (C=O) groups excluding carboxylic acids is 1. The number of benzene rings is 2. The average molecular weight is 452 g/mol. The molecule has 4 aromatic rings. The Morgan fingerprint density at radius 1 is 1.19 bits per heavy atom.